The first-order valence-corrected chi connectivity index (χ1v) is 10.6. The molecule has 4 rings (SSSR count). The van der Waals surface area contributed by atoms with E-state index in [2.05, 4.69) is 15.3 Å². The molecule has 8 nitrogen and oxygen atoms in total. The lowest BCUT2D eigenvalue weighted by Gasteiger charge is -2.16. The van der Waals surface area contributed by atoms with Crippen LogP contribution in [0.4, 0.5) is 4.79 Å². The number of rotatable bonds is 6. The van der Waals surface area contributed by atoms with Crippen LogP contribution in [-0.4, -0.2) is 51.0 Å². The summed E-state index contributed by atoms with van der Waals surface area (Å²) in [4.78, 5) is 45.9. The second kappa shape index (κ2) is 8.11. The Morgan fingerprint density at radius 3 is 2.50 bits per heavy atom. The van der Waals surface area contributed by atoms with Gasteiger partial charge in [-0.2, -0.15) is 0 Å². The van der Waals surface area contributed by atoms with Gasteiger partial charge in [0.1, 0.15) is 11.2 Å². The van der Waals surface area contributed by atoms with Crippen molar-refractivity contribution in [3.8, 4) is 11.1 Å². The van der Waals surface area contributed by atoms with E-state index in [1.807, 2.05) is 44.2 Å². The summed E-state index contributed by atoms with van der Waals surface area (Å²) < 4.78 is 5.44. The van der Waals surface area contributed by atoms with Gasteiger partial charge in [0.05, 0.1) is 6.10 Å². The Bertz CT molecular complexity index is 1200. The molecular formula is C24H26N4O4. The van der Waals surface area contributed by atoms with Crippen LogP contribution in [0.25, 0.3) is 22.0 Å². The van der Waals surface area contributed by atoms with Gasteiger partial charge in [-0.05, 0) is 69.5 Å². The molecule has 166 valence electrons. The van der Waals surface area contributed by atoms with Crippen LogP contribution < -0.4 is 5.32 Å². The Morgan fingerprint density at radius 2 is 1.88 bits per heavy atom. The highest BCUT2D eigenvalue weighted by Crippen LogP contribution is 2.33. The number of carbonyl (C=O) groups is 3. The van der Waals surface area contributed by atoms with Crippen LogP contribution in [0.15, 0.2) is 42.7 Å². The number of nitrogens with one attached hydrogen (secondary N) is 2. The van der Waals surface area contributed by atoms with Crippen molar-refractivity contribution in [3.63, 3.8) is 0 Å². The van der Waals surface area contributed by atoms with Gasteiger partial charge in [0.15, 0.2) is 0 Å². The van der Waals surface area contributed by atoms with E-state index in [-0.39, 0.29) is 24.6 Å². The predicted molar refractivity (Wildman–Crippen MR) is 120 cm³/mol. The van der Waals surface area contributed by atoms with Crippen molar-refractivity contribution in [1.29, 1.82) is 0 Å². The molecule has 0 unspecified atom stereocenters. The minimum absolute atomic E-state index is 0.235. The van der Waals surface area contributed by atoms with Gasteiger partial charge in [-0.15, -0.1) is 0 Å². The smallest absolute Gasteiger partial charge is 0.355 e. The summed E-state index contributed by atoms with van der Waals surface area (Å²) in [5.41, 5.74) is 2.82. The van der Waals surface area contributed by atoms with Crippen molar-refractivity contribution in [2.75, 3.05) is 6.54 Å². The number of hydrogen-bond acceptors (Lipinski definition) is 5. The van der Waals surface area contributed by atoms with E-state index in [4.69, 9.17) is 4.74 Å². The van der Waals surface area contributed by atoms with E-state index in [1.165, 1.54) is 4.90 Å². The molecule has 0 aliphatic carbocycles. The monoisotopic (exact) mass is 434 g/mol. The van der Waals surface area contributed by atoms with E-state index >= 15 is 0 Å². The van der Waals surface area contributed by atoms with Crippen LogP contribution in [0.3, 0.4) is 0 Å². The summed E-state index contributed by atoms with van der Waals surface area (Å²) in [6.45, 7) is 7.27. The topological polar surface area (TPSA) is 104 Å². The number of hydrogen-bond donors (Lipinski definition) is 2. The SMILES string of the molecule is CC(C)OC(=O)c1[nH]c2ccc(CCN3C(=O)NC(C)(C)C3=O)cc2c1-c1ccncc1. The second-order valence-electron chi connectivity index (χ2n) is 8.71. The molecule has 1 aliphatic rings. The molecule has 3 heterocycles. The van der Waals surface area contributed by atoms with E-state index in [0.717, 1.165) is 27.6 Å². The van der Waals surface area contributed by atoms with Crippen LogP contribution in [0.1, 0.15) is 43.7 Å². The third-order valence-corrected chi connectivity index (χ3v) is 5.45. The van der Waals surface area contributed by atoms with Gasteiger partial charge in [0.25, 0.3) is 5.91 Å². The zero-order valence-corrected chi connectivity index (χ0v) is 18.6. The summed E-state index contributed by atoms with van der Waals surface area (Å²) in [6.07, 6.45) is 3.60. The molecule has 3 aromatic rings. The number of imide groups is 1. The number of aromatic nitrogens is 2. The van der Waals surface area contributed by atoms with Gasteiger partial charge < -0.3 is 15.0 Å². The fraction of sp³-hybridized carbons (Fsp3) is 0.333. The third-order valence-electron chi connectivity index (χ3n) is 5.45. The number of H-pyrrole nitrogens is 1. The molecular weight excluding hydrogens is 408 g/mol. The first-order valence-electron chi connectivity index (χ1n) is 10.6. The number of carbonyl (C=O) groups excluding carboxylic acids is 3. The number of esters is 1. The first kappa shape index (κ1) is 21.5. The molecule has 2 N–H and O–H groups in total. The van der Waals surface area contributed by atoms with Gasteiger partial charge >= 0.3 is 12.0 Å². The summed E-state index contributed by atoms with van der Waals surface area (Å²) >= 11 is 0. The quantitative estimate of drug-likeness (QED) is 0.455. The fourth-order valence-corrected chi connectivity index (χ4v) is 3.90. The lowest BCUT2D eigenvalue weighted by atomic mass is 10.0. The maximum atomic E-state index is 12.8. The molecule has 2 aromatic heterocycles. The Kier molecular flexibility index (Phi) is 5.46. The molecule has 0 bridgehead atoms. The molecule has 0 atom stereocenters. The predicted octanol–water partition coefficient (Wildman–Crippen LogP) is 3.67. The highest BCUT2D eigenvalue weighted by Gasteiger charge is 2.43. The van der Waals surface area contributed by atoms with Crippen LogP contribution in [-0.2, 0) is 16.0 Å². The molecule has 1 fully saturated rings. The Balaban J connectivity index is 1.69. The van der Waals surface area contributed by atoms with Gasteiger partial charge in [-0.25, -0.2) is 9.59 Å². The number of nitrogens with zero attached hydrogens (tertiary/aromatic N) is 2. The van der Waals surface area contributed by atoms with Gasteiger partial charge in [-0.3, -0.25) is 14.7 Å². The second-order valence-corrected chi connectivity index (χ2v) is 8.71. The van der Waals surface area contributed by atoms with E-state index < -0.39 is 11.5 Å². The zero-order valence-electron chi connectivity index (χ0n) is 18.6. The summed E-state index contributed by atoms with van der Waals surface area (Å²) in [5, 5.41) is 3.56. The summed E-state index contributed by atoms with van der Waals surface area (Å²) in [6, 6.07) is 9.12. The molecule has 1 aliphatic heterocycles. The zero-order chi connectivity index (χ0) is 23.0. The number of amides is 3. The minimum atomic E-state index is -0.887. The van der Waals surface area contributed by atoms with Gasteiger partial charge in [-0.1, -0.05) is 6.07 Å². The average molecular weight is 434 g/mol. The number of urea groups is 1. The van der Waals surface area contributed by atoms with Crippen molar-refractivity contribution in [2.45, 2.75) is 45.8 Å². The van der Waals surface area contributed by atoms with Crippen molar-refractivity contribution >= 4 is 28.8 Å². The molecule has 0 spiro atoms. The lowest BCUT2D eigenvalue weighted by Crippen LogP contribution is -2.40. The molecule has 1 saturated heterocycles. The first-order chi connectivity index (χ1) is 15.2. The number of fused-ring (bicyclic) bond motifs is 1. The third kappa shape index (κ3) is 3.95. The normalized spacial score (nSPS) is 15.5. The molecule has 32 heavy (non-hydrogen) atoms. The maximum absolute atomic E-state index is 12.8. The van der Waals surface area contributed by atoms with Crippen molar-refractivity contribution in [3.05, 3.63) is 54.0 Å². The largest absolute Gasteiger partial charge is 0.458 e. The van der Waals surface area contributed by atoms with Crippen LogP contribution >= 0.6 is 0 Å². The van der Waals surface area contributed by atoms with Gasteiger partial charge in [0.2, 0.25) is 0 Å². The van der Waals surface area contributed by atoms with Crippen molar-refractivity contribution < 1.29 is 19.1 Å². The lowest BCUT2D eigenvalue weighted by molar-refractivity contribution is -0.130. The highest BCUT2D eigenvalue weighted by atomic mass is 16.5. The van der Waals surface area contributed by atoms with Crippen LogP contribution in [0, 0.1) is 0 Å². The molecule has 1 aromatic carbocycles. The number of ether oxygens (including phenoxy) is 1. The number of aromatic amines is 1. The Morgan fingerprint density at radius 1 is 1.16 bits per heavy atom. The minimum Gasteiger partial charge on any atom is -0.458 e. The molecule has 0 radical (unpaired) electrons. The fourth-order valence-electron chi connectivity index (χ4n) is 3.90. The highest BCUT2D eigenvalue weighted by molar-refractivity contribution is 6.08. The van der Waals surface area contributed by atoms with E-state index in [1.54, 1.807) is 26.2 Å². The summed E-state index contributed by atoms with van der Waals surface area (Å²) in [5.74, 6) is -0.660. The van der Waals surface area contributed by atoms with Crippen LogP contribution in [0.5, 0.6) is 0 Å². The molecule has 8 heteroatoms. The van der Waals surface area contributed by atoms with E-state index in [9.17, 15) is 14.4 Å². The standard InChI is InChI=1S/C24H26N4O4/c1-14(2)32-21(29)20-19(16-7-10-25-11-8-16)17-13-15(5-6-18(17)26-20)9-12-28-22(30)24(3,4)27-23(28)31/h5-8,10-11,13-14,26H,9,12H2,1-4H3,(H,27,31). The van der Waals surface area contributed by atoms with Gasteiger partial charge in [0, 0.05) is 35.4 Å². The molecule has 0 saturated carbocycles. The Hall–Kier alpha value is -3.68. The van der Waals surface area contributed by atoms with Crippen molar-refractivity contribution in [2.24, 2.45) is 0 Å². The Labute approximate surface area is 186 Å². The number of benzene rings is 1. The molecule has 3 amide bonds. The number of pyridine rings is 1. The van der Waals surface area contributed by atoms with E-state index in [0.29, 0.717) is 12.1 Å². The average Bonchev–Trinajstić information content (AvgIpc) is 3.21. The van der Waals surface area contributed by atoms with Crippen LogP contribution in [0.2, 0.25) is 0 Å². The maximum Gasteiger partial charge on any atom is 0.355 e. The summed E-state index contributed by atoms with van der Waals surface area (Å²) in [7, 11) is 0. The van der Waals surface area contributed by atoms with Crippen molar-refractivity contribution in [1.82, 2.24) is 20.2 Å².